The van der Waals surface area contributed by atoms with Gasteiger partial charge in [-0.1, -0.05) is 42.5 Å². The molecule has 0 bridgehead atoms. The summed E-state index contributed by atoms with van der Waals surface area (Å²) in [5.41, 5.74) is 4.87. The van der Waals surface area contributed by atoms with E-state index in [-0.39, 0.29) is 18.0 Å². The number of hydrogen-bond acceptors (Lipinski definition) is 5. The van der Waals surface area contributed by atoms with E-state index in [9.17, 15) is 5.11 Å². The molecule has 2 atom stereocenters. The molecule has 29 heavy (non-hydrogen) atoms. The highest BCUT2D eigenvalue weighted by atomic mass is 16.5. The molecule has 0 saturated heterocycles. The Balaban J connectivity index is 1.63. The number of phenols is 1. The van der Waals surface area contributed by atoms with E-state index in [1.165, 1.54) is 0 Å². The molecule has 0 aromatic heterocycles. The Kier molecular flexibility index (Phi) is 4.16. The summed E-state index contributed by atoms with van der Waals surface area (Å²) in [5, 5.41) is 17.4. The van der Waals surface area contributed by atoms with Crippen molar-refractivity contribution in [2.24, 2.45) is 5.10 Å². The summed E-state index contributed by atoms with van der Waals surface area (Å²) in [5.74, 6) is 1.77. The van der Waals surface area contributed by atoms with Crippen molar-refractivity contribution in [1.82, 2.24) is 5.01 Å². The zero-order chi connectivity index (χ0) is 20.0. The third kappa shape index (κ3) is 2.90. The van der Waals surface area contributed by atoms with Crippen LogP contribution in [0.1, 0.15) is 40.9 Å². The third-order valence-electron chi connectivity index (χ3n) is 5.67. The maximum absolute atomic E-state index is 10.5. The number of aromatic hydroxyl groups is 1. The molecule has 0 aliphatic carbocycles. The average molecular weight is 386 g/mol. The molecule has 0 fully saturated rings. The second kappa shape index (κ2) is 6.85. The monoisotopic (exact) mass is 386 g/mol. The van der Waals surface area contributed by atoms with Gasteiger partial charge in [0.05, 0.1) is 18.9 Å². The van der Waals surface area contributed by atoms with Gasteiger partial charge in [-0.2, -0.15) is 5.10 Å². The lowest BCUT2D eigenvalue weighted by Crippen LogP contribution is -2.34. The van der Waals surface area contributed by atoms with Crippen molar-refractivity contribution in [2.75, 3.05) is 7.11 Å². The molecular formula is C24H22N2O3. The smallest absolute Gasteiger partial charge is 0.214 e. The van der Waals surface area contributed by atoms with Gasteiger partial charge >= 0.3 is 0 Å². The number of nitrogens with zero attached hydrogens (tertiary/aromatic N) is 2. The summed E-state index contributed by atoms with van der Waals surface area (Å²) in [6, 6.07) is 21.6. The van der Waals surface area contributed by atoms with E-state index in [0.717, 1.165) is 28.2 Å². The quantitative estimate of drug-likeness (QED) is 0.692. The molecule has 5 rings (SSSR count). The van der Waals surface area contributed by atoms with Crippen LogP contribution >= 0.6 is 0 Å². The fourth-order valence-corrected chi connectivity index (χ4v) is 4.14. The number of phenolic OH excluding ortho intramolecular Hbond substituents is 1. The predicted molar refractivity (Wildman–Crippen MR) is 111 cm³/mol. The molecule has 5 nitrogen and oxygen atoms in total. The SMILES string of the molecule is COc1ccc(O)c(C2=NN3[C@H](C2)c2ccccc2O[C@H]3c2ccccc2C)c1. The second-order valence-electron chi connectivity index (χ2n) is 7.39. The molecule has 2 heterocycles. The second-order valence-corrected chi connectivity index (χ2v) is 7.39. The number of methoxy groups -OCH3 is 1. The van der Waals surface area contributed by atoms with E-state index >= 15 is 0 Å². The van der Waals surface area contributed by atoms with Crippen molar-refractivity contribution in [2.45, 2.75) is 25.6 Å². The highest BCUT2D eigenvalue weighted by molar-refractivity contribution is 6.04. The van der Waals surface area contributed by atoms with Gasteiger partial charge in [0.15, 0.2) is 0 Å². The first kappa shape index (κ1) is 17.6. The Morgan fingerprint density at radius 3 is 2.59 bits per heavy atom. The zero-order valence-corrected chi connectivity index (χ0v) is 16.4. The molecule has 5 heteroatoms. The molecule has 0 spiro atoms. The largest absolute Gasteiger partial charge is 0.507 e. The molecule has 0 radical (unpaired) electrons. The summed E-state index contributed by atoms with van der Waals surface area (Å²) in [6.45, 7) is 2.09. The number of fused-ring (bicyclic) bond motifs is 3. The number of ether oxygens (including phenoxy) is 2. The number of aryl methyl sites for hydroxylation is 1. The van der Waals surface area contributed by atoms with E-state index in [1.807, 2.05) is 41.4 Å². The fraction of sp³-hybridized carbons (Fsp3) is 0.208. The van der Waals surface area contributed by atoms with Crippen LogP contribution in [0.3, 0.4) is 0 Å². The van der Waals surface area contributed by atoms with Crippen LogP contribution in [0.5, 0.6) is 17.2 Å². The first-order chi connectivity index (χ1) is 14.2. The highest BCUT2D eigenvalue weighted by Gasteiger charge is 2.41. The summed E-state index contributed by atoms with van der Waals surface area (Å²) in [4.78, 5) is 0. The Bertz CT molecular complexity index is 1110. The van der Waals surface area contributed by atoms with Crippen LogP contribution in [0.2, 0.25) is 0 Å². The number of benzene rings is 3. The highest BCUT2D eigenvalue weighted by Crippen LogP contribution is 2.48. The summed E-state index contributed by atoms with van der Waals surface area (Å²) in [6.07, 6.45) is 0.366. The number of hydrogen-bond donors (Lipinski definition) is 1. The van der Waals surface area contributed by atoms with Gasteiger partial charge in [-0.05, 0) is 36.8 Å². The van der Waals surface area contributed by atoms with Gasteiger partial charge in [0.2, 0.25) is 6.23 Å². The molecular weight excluding hydrogens is 364 g/mol. The number of para-hydroxylation sites is 1. The molecule has 1 N–H and O–H groups in total. The molecule has 3 aromatic rings. The normalized spacial score (nSPS) is 19.8. The van der Waals surface area contributed by atoms with E-state index in [1.54, 1.807) is 19.2 Å². The van der Waals surface area contributed by atoms with Crippen LogP contribution in [0.25, 0.3) is 0 Å². The maximum Gasteiger partial charge on any atom is 0.214 e. The van der Waals surface area contributed by atoms with Gasteiger partial charge in [0, 0.05) is 23.1 Å². The molecule has 0 unspecified atom stereocenters. The van der Waals surface area contributed by atoms with Gasteiger partial charge in [0.25, 0.3) is 0 Å². The van der Waals surface area contributed by atoms with E-state index in [2.05, 4.69) is 25.1 Å². The van der Waals surface area contributed by atoms with Crippen molar-refractivity contribution in [3.63, 3.8) is 0 Å². The maximum atomic E-state index is 10.5. The van der Waals surface area contributed by atoms with Crippen molar-refractivity contribution in [1.29, 1.82) is 0 Å². The third-order valence-corrected chi connectivity index (χ3v) is 5.67. The van der Waals surface area contributed by atoms with Gasteiger partial charge in [0.1, 0.15) is 17.2 Å². The predicted octanol–water partition coefficient (Wildman–Crippen LogP) is 4.95. The van der Waals surface area contributed by atoms with E-state index < -0.39 is 0 Å². The summed E-state index contributed by atoms with van der Waals surface area (Å²) >= 11 is 0. The molecule has 0 saturated carbocycles. The van der Waals surface area contributed by atoms with Crippen molar-refractivity contribution < 1.29 is 14.6 Å². The standard InChI is InChI=1S/C24H22N2O3/c1-15-7-3-4-8-17(15)24-26-21(18-9-5-6-10-23(18)29-24)14-20(25-26)19-13-16(28-2)11-12-22(19)27/h3-13,21,24,27H,14H2,1-2H3/t21-,24+/m1/s1. The lowest BCUT2D eigenvalue weighted by molar-refractivity contribution is -0.0194. The molecule has 146 valence electrons. The van der Waals surface area contributed by atoms with Crippen LogP contribution < -0.4 is 9.47 Å². The van der Waals surface area contributed by atoms with E-state index in [4.69, 9.17) is 14.6 Å². The van der Waals surface area contributed by atoms with Crippen molar-refractivity contribution >= 4 is 5.71 Å². The Labute approximate surface area is 169 Å². The Morgan fingerprint density at radius 1 is 1.03 bits per heavy atom. The van der Waals surface area contributed by atoms with Gasteiger partial charge < -0.3 is 14.6 Å². The van der Waals surface area contributed by atoms with Gasteiger partial charge in [-0.25, -0.2) is 5.01 Å². The molecule has 0 amide bonds. The average Bonchev–Trinajstić information content (AvgIpc) is 3.19. The zero-order valence-electron chi connectivity index (χ0n) is 16.4. The van der Waals surface area contributed by atoms with Gasteiger partial charge in [-0.3, -0.25) is 0 Å². The Hall–Kier alpha value is -3.47. The number of rotatable bonds is 3. The van der Waals surface area contributed by atoms with Crippen LogP contribution in [-0.2, 0) is 0 Å². The topological polar surface area (TPSA) is 54.3 Å². The van der Waals surface area contributed by atoms with Crippen LogP contribution in [0, 0.1) is 6.92 Å². The van der Waals surface area contributed by atoms with Crippen LogP contribution in [0.4, 0.5) is 0 Å². The first-order valence-electron chi connectivity index (χ1n) is 9.70. The lowest BCUT2D eigenvalue weighted by atomic mass is 9.95. The lowest BCUT2D eigenvalue weighted by Gasteiger charge is -2.38. The minimum absolute atomic E-state index is 0.0464. The fourth-order valence-electron chi connectivity index (χ4n) is 4.14. The molecule has 2 aliphatic rings. The first-order valence-corrected chi connectivity index (χ1v) is 9.70. The van der Waals surface area contributed by atoms with Crippen LogP contribution in [-0.4, -0.2) is 22.9 Å². The summed E-state index contributed by atoms with van der Waals surface area (Å²) in [7, 11) is 1.62. The summed E-state index contributed by atoms with van der Waals surface area (Å²) < 4.78 is 11.7. The molecule has 3 aromatic carbocycles. The molecule has 2 aliphatic heterocycles. The van der Waals surface area contributed by atoms with Gasteiger partial charge in [-0.15, -0.1) is 0 Å². The van der Waals surface area contributed by atoms with Crippen molar-refractivity contribution in [3.8, 4) is 17.2 Å². The minimum Gasteiger partial charge on any atom is -0.507 e. The van der Waals surface area contributed by atoms with Crippen molar-refractivity contribution in [3.05, 3.63) is 89.0 Å². The van der Waals surface area contributed by atoms with Crippen LogP contribution in [0.15, 0.2) is 71.8 Å². The van der Waals surface area contributed by atoms with E-state index in [0.29, 0.717) is 17.7 Å². The Morgan fingerprint density at radius 2 is 1.79 bits per heavy atom. The minimum atomic E-state index is -0.318. The number of hydrazone groups is 1.